The number of carbonyl (C=O) groups excluding carboxylic acids is 1. The molecule has 7 nitrogen and oxygen atoms in total. The van der Waals surface area contributed by atoms with E-state index in [0.717, 1.165) is 6.42 Å². The van der Waals surface area contributed by atoms with Crippen LogP contribution in [0.3, 0.4) is 0 Å². The normalized spacial score (nSPS) is 12.1. The van der Waals surface area contributed by atoms with Crippen molar-refractivity contribution in [1.82, 2.24) is 10.0 Å². The molecule has 0 aliphatic carbocycles. The smallest absolute Gasteiger partial charge is 0.261 e. The molecule has 0 heterocycles. The highest BCUT2D eigenvalue weighted by atomic mass is 32.2. The van der Waals surface area contributed by atoms with Crippen LogP contribution in [0.1, 0.15) is 44.0 Å². The highest BCUT2D eigenvalue weighted by molar-refractivity contribution is 7.89. The number of rotatable bonds is 9. The van der Waals surface area contributed by atoms with Gasteiger partial charge in [-0.2, -0.15) is 0 Å². The molecular weight excluding hydrogens is 422 g/mol. The van der Waals surface area contributed by atoms with Gasteiger partial charge < -0.3 is 10.1 Å². The van der Waals surface area contributed by atoms with Crippen molar-refractivity contribution >= 4 is 38.9 Å². The van der Waals surface area contributed by atoms with Crippen molar-refractivity contribution in [2.75, 3.05) is 11.9 Å². The number of nitrogens with one attached hydrogen (secondary N) is 3. The Morgan fingerprint density at radius 1 is 1.10 bits per heavy atom. The van der Waals surface area contributed by atoms with Gasteiger partial charge in [0, 0.05) is 11.7 Å². The molecule has 1 unspecified atom stereocenters. The first-order valence-corrected chi connectivity index (χ1v) is 11.6. The van der Waals surface area contributed by atoms with Crippen molar-refractivity contribution in [2.45, 2.75) is 44.6 Å². The number of ether oxygens (including phenoxy) is 1. The van der Waals surface area contributed by atoms with E-state index in [1.54, 1.807) is 43.3 Å². The number of hydrogen-bond acceptors (Lipinski definition) is 5. The number of sulfonamides is 1. The van der Waals surface area contributed by atoms with Gasteiger partial charge in [-0.05, 0) is 68.4 Å². The van der Waals surface area contributed by atoms with Crippen LogP contribution in [-0.4, -0.2) is 32.1 Å². The van der Waals surface area contributed by atoms with Crippen molar-refractivity contribution in [3.05, 3.63) is 54.1 Å². The van der Waals surface area contributed by atoms with Gasteiger partial charge in [0.1, 0.15) is 5.75 Å². The fourth-order valence-electron chi connectivity index (χ4n) is 2.46. The molecule has 2 rings (SSSR count). The lowest BCUT2D eigenvalue weighted by atomic mass is 10.2. The number of hydrogen-bond donors (Lipinski definition) is 3. The van der Waals surface area contributed by atoms with Crippen LogP contribution < -0.4 is 20.1 Å². The number of thiocarbonyl (C=S) groups is 1. The van der Waals surface area contributed by atoms with E-state index >= 15 is 0 Å². The standard InChI is InChI=1S/C21H27N3O4S2/c1-4-14-28-19-9-7-6-8-18(19)20(25)23-21(29)22-16-10-12-17(13-11-16)30(26,27)24-15(3)5-2/h6-13,15,24H,4-5,14H2,1-3H3,(H2,22,23,25,29). The Bertz CT molecular complexity index is 976. The van der Waals surface area contributed by atoms with E-state index in [1.807, 2.05) is 13.8 Å². The maximum atomic E-state index is 12.5. The molecule has 0 aliphatic rings. The zero-order valence-electron chi connectivity index (χ0n) is 17.3. The topological polar surface area (TPSA) is 96.5 Å². The third-order valence-corrected chi connectivity index (χ3v) is 6.02. The highest BCUT2D eigenvalue weighted by Gasteiger charge is 2.17. The minimum Gasteiger partial charge on any atom is -0.493 e. The quantitative estimate of drug-likeness (QED) is 0.506. The first kappa shape index (κ1) is 23.8. The predicted octanol–water partition coefficient (Wildman–Crippen LogP) is 3.68. The van der Waals surface area contributed by atoms with Crippen molar-refractivity contribution < 1.29 is 17.9 Å². The van der Waals surface area contributed by atoms with Crippen LogP contribution in [0.4, 0.5) is 5.69 Å². The van der Waals surface area contributed by atoms with Gasteiger partial charge in [0.15, 0.2) is 5.11 Å². The van der Waals surface area contributed by atoms with Crippen LogP contribution in [0.2, 0.25) is 0 Å². The highest BCUT2D eigenvalue weighted by Crippen LogP contribution is 2.18. The average molecular weight is 450 g/mol. The summed E-state index contributed by atoms with van der Waals surface area (Å²) in [6, 6.07) is 12.9. The molecule has 2 aromatic carbocycles. The Balaban J connectivity index is 2.01. The molecule has 1 amide bonds. The van der Waals surface area contributed by atoms with E-state index in [4.69, 9.17) is 17.0 Å². The van der Waals surface area contributed by atoms with Gasteiger partial charge in [-0.3, -0.25) is 10.1 Å². The summed E-state index contributed by atoms with van der Waals surface area (Å²) < 4.78 is 32.8. The first-order chi connectivity index (χ1) is 14.3. The maximum absolute atomic E-state index is 12.5. The van der Waals surface area contributed by atoms with E-state index in [9.17, 15) is 13.2 Å². The molecule has 0 fully saturated rings. The molecule has 3 N–H and O–H groups in total. The van der Waals surface area contributed by atoms with Crippen LogP contribution in [0, 0.1) is 0 Å². The number of para-hydroxylation sites is 1. The molecule has 0 radical (unpaired) electrons. The summed E-state index contributed by atoms with van der Waals surface area (Å²) in [6.45, 7) is 6.20. The third kappa shape index (κ3) is 6.79. The lowest BCUT2D eigenvalue weighted by Gasteiger charge is -2.14. The Labute approximate surface area is 183 Å². The van der Waals surface area contributed by atoms with E-state index < -0.39 is 15.9 Å². The largest absolute Gasteiger partial charge is 0.493 e. The summed E-state index contributed by atoms with van der Waals surface area (Å²) in [5, 5.41) is 5.59. The molecule has 30 heavy (non-hydrogen) atoms. The fraction of sp³-hybridized carbons (Fsp3) is 0.333. The van der Waals surface area contributed by atoms with E-state index in [2.05, 4.69) is 15.4 Å². The van der Waals surface area contributed by atoms with Gasteiger partial charge >= 0.3 is 0 Å². The van der Waals surface area contributed by atoms with E-state index in [1.165, 1.54) is 12.1 Å². The fourth-order valence-corrected chi connectivity index (χ4v) is 4.00. The van der Waals surface area contributed by atoms with Gasteiger partial charge in [-0.25, -0.2) is 13.1 Å². The van der Waals surface area contributed by atoms with Crippen molar-refractivity contribution in [3.63, 3.8) is 0 Å². The predicted molar refractivity (Wildman–Crippen MR) is 122 cm³/mol. The molecule has 0 spiro atoms. The van der Waals surface area contributed by atoms with Gasteiger partial charge in [0.25, 0.3) is 5.91 Å². The summed E-state index contributed by atoms with van der Waals surface area (Å²) in [4.78, 5) is 12.7. The minimum atomic E-state index is -3.58. The van der Waals surface area contributed by atoms with Crippen molar-refractivity contribution in [1.29, 1.82) is 0 Å². The monoisotopic (exact) mass is 449 g/mol. The summed E-state index contributed by atoms with van der Waals surface area (Å²) in [5.74, 6) is 0.0965. The van der Waals surface area contributed by atoms with Crippen molar-refractivity contribution in [2.24, 2.45) is 0 Å². The molecule has 0 saturated carbocycles. The number of benzene rings is 2. The van der Waals surface area contributed by atoms with Gasteiger partial charge in [-0.1, -0.05) is 26.0 Å². The van der Waals surface area contributed by atoms with Gasteiger partial charge in [0.2, 0.25) is 10.0 Å². The summed E-state index contributed by atoms with van der Waals surface area (Å²) in [6.07, 6.45) is 1.52. The SMILES string of the molecule is CCCOc1ccccc1C(=O)NC(=S)Nc1ccc(S(=O)(=O)NC(C)CC)cc1. The van der Waals surface area contributed by atoms with Gasteiger partial charge in [0.05, 0.1) is 17.1 Å². The molecule has 0 bridgehead atoms. The second kappa shape index (κ2) is 11.1. The number of anilines is 1. The van der Waals surface area contributed by atoms with Crippen molar-refractivity contribution in [3.8, 4) is 5.75 Å². The zero-order chi connectivity index (χ0) is 22.1. The molecular formula is C21H27N3O4S2. The first-order valence-electron chi connectivity index (χ1n) is 9.73. The average Bonchev–Trinajstić information content (AvgIpc) is 2.72. The minimum absolute atomic E-state index is 0.0960. The molecule has 9 heteroatoms. The summed E-state index contributed by atoms with van der Waals surface area (Å²) in [5.41, 5.74) is 0.936. The molecule has 162 valence electrons. The lowest BCUT2D eigenvalue weighted by molar-refractivity contribution is 0.0973. The lowest BCUT2D eigenvalue weighted by Crippen LogP contribution is -2.34. The summed E-state index contributed by atoms with van der Waals surface area (Å²) in [7, 11) is -3.58. The Morgan fingerprint density at radius 2 is 1.77 bits per heavy atom. The van der Waals surface area contributed by atoms with Crippen LogP contribution in [-0.2, 0) is 10.0 Å². The second-order valence-corrected chi connectivity index (χ2v) is 8.83. The molecule has 1 atom stereocenters. The third-order valence-electron chi connectivity index (χ3n) is 4.21. The Kier molecular flexibility index (Phi) is 8.76. The zero-order valence-corrected chi connectivity index (χ0v) is 18.9. The Morgan fingerprint density at radius 3 is 2.40 bits per heavy atom. The molecule has 0 aromatic heterocycles. The Hall–Kier alpha value is -2.49. The van der Waals surface area contributed by atoms with Crippen LogP contribution in [0.25, 0.3) is 0 Å². The van der Waals surface area contributed by atoms with Crippen LogP contribution in [0.15, 0.2) is 53.4 Å². The molecule has 0 aliphatic heterocycles. The van der Waals surface area contributed by atoms with Crippen LogP contribution >= 0.6 is 12.2 Å². The maximum Gasteiger partial charge on any atom is 0.261 e. The van der Waals surface area contributed by atoms with Gasteiger partial charge in [-0.15, -0.1) is 0 Å². The van der Waals surface area contributed by atoms with E-state index in [-0.39, 0.29) is 16.0 Å². The van der Waals surface area contributed by atoms with E-state index in [0.29, 0.717) is 30.0 Å². The second-order valence-electron chi connectivity index (χ2n) is 6.71. The molecule has 0 saturated heterocycles. The van der Waals surface area contributed by atoms with Crippen LogP contribution in [0.5, 0.6) is 5.75 Å². The molecule has 2 aromatic rings. The number of amides is 1. The summed E-state index contributed by atoms with van der Waals surface area (Å²) >= 11 is 5.21. The number of carbonyl (C=O) groups is 1.